The van der Waals surface area contributed by atoms with Gasteiger partial charge < -0.3 is 4.18 Å². The number of aromatic nitrogens is 2. The Kier molecular flexibility index (Phi) is 4.40. The summed E-state index contributed by atoms with van der Waals surface area (Å²) >= 11 is 0. The molecule has 26 heavy (non-hydrogen) atoms. The molecule has 0 N–H and O–H groups in total. The summed E-state index contributed by atoms with van der Waals surface area (Å²) in [7, 11) is -5.88. The molecule has 0 unspecified atom stereocenters. The van der Waals surface area contributed by atoms with Crippen molar-refractivity contribution in [1.82, 2.24) is 9.97 Å². The number of hydrogen-bond donors (Lipinski definition) is 0. The molecule has 0 radical (unpaired) electrons. The van der Waals surface area contributed by atoms with Gasteiger partial charge in [0, 0.05) is 23.2 Å². The third-order valence-corrected chi connectivity index (χ3v) is 5.57. The van der Waals surface area contributed by atoms with Crippen LogP contribution in [0.5, 0.6) is 6.01 Å². The minimum Gasteiger partial charge on any atom is -0.337 e. The lowest BCUT2D eigenvalue weighted by atomic mass is 9.81. The van der Waals surface area contributed by atoms with Crippen LogP contribution >= 0.6 is 0 Å². The maximum absolute atomic E-state index is 12.9. The molecule has 1 saturated carbocycles. The van der Waals surface area contributed by atoms with Gasteiger partial charge in [-0.25, -0.2) is 4.98 Å². The van der Waals surface area contributed by atoms with Crippen LogP contribution in [0.25, 0.3) is 0 Å². The summed E-state index contributed by atoms with van der Waals surface area (Å²) in [4.78, 5) is 21.8. The third kappa shape index (κ3) is 3.24. The van der Waals surface area contributed by atoms with Crippen molar-refractivity contribution in [2.75, 3.05) is 4.90 Å². The lowest BCUT2D eigenvalue weighted by Crippen LogP contribution is -2.51. The van der Waals surface area contributed by atoms with Crippen molar-refractivity contribution in [3.63, 3.8) is 0 Å². The fourth-order valence-corrected chi connectivity index (χ4v) is 3.75. The number of nitrogens with zero attached hydrogens (tertiary/aromatic N) is 3. The summed E-state index contributed by atoms with van der Waals surface area (Å²) in [5.41, 5.74) is -5.73. The maximum Gasteiger partial charge on any atom is 0.534 e. The van der Waals surface area contributed by atoms with Crippen molar-refractivity contribution in [3.05, 3.63) is 11.8 Å². The molecule has 0 bridgehead atoms. The van der Waals surface area contributed by atoms with Gasteiger partial charge in [-0.2, -0.15) is 26.6 Å². The van der Waals surface area contributed by atoms with Crippen LogP contribution in [0.2, 0.25) is 0 Å². The fraction of sp³-hybridized carbons (Fsp3) is 0.667. The summed E-state index contributed by atoms with van der Waals surface area (Å²) in [6.07, 6.45) is 4.89. The van der Waals surface area contributed by atoms with Crippen LogP contribution in [-0.4, -0.2) is 35.8 Å². The Labute approximate surface area is 148 Å². The molecule has 2 heterocycles. The van der Waals surface area contributed by atoms with Gasteiger partial charge in [-0.05, 0) is 19.3 Å². The van der Waals surface area contributed by atoms with E-state index < -0.39 is 27.1 Å². The Hall–Kier alpha value is -1.91. The highest BCUT2D eigenvalue weighted by Crippen LogP contribution is 2.40. The van der Waals surface area contributed by atoms with E-state index in [1.165, 1.54) is 11.1 Å². The molecule has 1 aromatic heterocycles. The van der Waals surface area contributed by atoms with E-state index in [-0.39, 0.29) is 17.8 Å². The van der Waals surface area contributed by atoms with Crippen molar-refractivity contribution in [1.29, 1.82) is 0 Å². The van der Waals surface area contributed by atoms with E-state index >= 15 is 0 Å². The molecule has 0 atom stereocenters. The van der Waals surface area contributed by atoms with Crippen LogP contribution in [0.3, 0.4) is 0 Å². The molecule has 0 saturated heterocycles. The lowest BCUT2D eigenvalue weighted by molar-refractivity contribution is -0.127. The van der Waals surface area contributed by atoms with Crippen molar-refractivity contribution in [2.24, 2.45) is 5.41 Å². The highest BCUT2D eigenvalue weighted by Gasteiger charge is 2.49. The first-order chi connectivity index (χ1) is 11.9. The zero-order valence-electron chi connectivity index (χ0n) is 14.2. The standard InChI is InChI=1S/C15H18F3N3O4S/c1-14(2)7-9-8-19-13(25-26(23,24)15(16,17)18)20-11(9)21(12(14)22)10-5-3-4-6-10/h8,10H,3-7H2,1-2H3. The van der Waals surface area contributed by atoms with Gasteiger partial charge in [-0.15, -0.1) is 0 Å². The summed E-state index contributed by atoms with van der Waals surface area (Å²) in [6.45, 7) is 3.55. The monoisotopic (exact) mass is 393 g/mol. The van der Waals surface area contributed by atoms with Gasteiger partial charge in [0.25, 0.3) is 0 Å². The molecular weight excluding hydrogens is 375 g/mol. The van der Waals surface area contributed by atoms with Gasteiger partial charge in [0.2, 0.25) is 5.91 Å². The van der Waals surface area contributed by atoms with Gasteiger partial charge in [-0.3, -0.25) is 9.69 Å². The van der Waals surface area contributed by atoms with Crippen LogP contribution in [0.1, 0.15) is 45.1 Å². The molecular formula is C15H18F3N3O4S. The van der Waals surface area contributed by atoms with Crippen LogP contribution in [0.15, 0.2) is 6.20 Å². The Morgan fingerprint density at radius 2 is 1.88 bits per heavy atom. The minimum absolute atomic E-state index is 0.122. The number of hydrogen-bond acceptors (Lipinski definition) is 6. The smallest absolute Gasteiger partial charge is 0.337 e. The van der Waals surface area contributed by atoms with Crippen LogP contribution in [0.4, 0.5) is 19.0 Å². The predicted molar refractivity (Wildman–Crippen MR) is 84.9 cm³/mol. The molecule has 144 valence electrons. The van der Waals surface area contributed by atoms with E-state index in [0.29, 0.717) is 12.0 Å². The molecule has 1 aliphatic carbocycles. The Balaban J connectivity index is 2.02. The number of amides is 1. The SMILES string of the molecule is CC1(C)Cc2cnc(OS(=O)(=O)C(F)(F)F)nc2N(C2CCCC2)C1=O. The first kappa shape index (κ1) is 18.9. The Morgan fingerprint density at radius 1 is 1.27 bits per heavy atom. The van der Waals surface area contributed by atoms with E-state index in [0.717, 1.165) is 25.7 Å². The summed E-state index contributed by atoms with van der Waals surface area (Å²) in [6, 6.07) is -1.07. The van der Waals surface area contributed by atoms with E-state index in [1.807, 2.05) is 0 Å². The molecule has 1 aromatic rings. The summed E-state index contributed by atoms with van der Waals surface area (Å²) < 4.78 is 63.9. The molecule has 1 fully saturated rings. The predicted octanol–water partition coefficient (Wildman–Crippen LogP) is 2.56. The van der Waals surface area contributed by atoms with Crippen LogP contribution in [-0.2, 0) is 21.3 Å². The normalized spacial score (nSPS) is 21.0. The maximum atomic E-state index is 12.9. The molecule has 0 spiro atoms. The zero-order chi connectivity index (χ0) is 19.3. The second kappa shape index (κ2) is 6.07. The largest absolute Gasteiger partial charge is 0.534 e. The highest BCUT2D eigenvalue weighted by molar-refractivity contribution is 7.87. The number of fused-ring (bicyclic) bond motifs is 1. The number of halogens is 3. The van der Waals surface area contributed by atoms with Gasteiger partial charge in [0.05, 0.1) is 0 Å². The van der Waals surface area contributed by atoms with Crippen molar-refractivity contribution in [3.8, 4) is 6.01 Å². The zero-order valence-corrected chi connectivity index (χ0v) is 15.0. The Morgan fingerprint density at radius 3 is 2.46 bits per heavy atom. The lowest BCUT2D eigenvalue weighted by Gasteiger charge is -2.40. The molecule has 3 rings (SSSR count). The topological polar surface area (TPSA) is 89.5 Å². The average Bonchev–Trinajstić information content (AvgIpc) is 3.01. The van der Waals surface area contributed by atoms with E-state index in [1.54, 1.807) is 13.8 Å². The fourth-order valence-electron chi connectivity index (χ4n) is 3.38. The van der Waals surface area contributed by atoms with Gasteiger partial charge in [0.15, 0.2) is 0 Å². The van der Waals surface area contributed by atoms with Gasteiger partial charge in [-0.1, -0.05) is 26.7 Å². The molecule has 1 aliphatic heterocycles. The molecule has 11 heteroatoms. The second-order valence-electron chi connectivity index (χ2n) is 7.16. The van der Waals surface area contributed by atoms with Gasteiger partial charge >= 0.3 is 21.6 Å². The average molecular weight is 393 g/mol. The van der Waals surface area contributed by atoms with E-state index in [9.17, 15) is 26.4 Å². The number of carbonyl (C=O) groups excluding carboxylic acids is 1. The molecule has 0 aromatic carbocycles. The second-order valence-corrected chi connectivity index (χ2v) is 8.70. The van der Waals surface area contributed by atoms with Crippen molar-refractivity contribution >= 4 is 21.8 Å². The number of carbonyl (C=O) groups is 1. The van der Waals surface area contributed by atoms with Gasteiger partial charge in [0.1, 0.15) is 5.82 Å². The highest BCUT2D eigenvalue weighted by atomic mass is 32.2. The van der Waals surface area contributed by atoms with Crippen LogP contribution in [0, 0.1) is 5.41 Å². The Bertz CT molecular complexity index is 833. The van der Waals surface area contributed by atoms with Crippen molar-refractivity contribution < 1.29 is 30.6 Å². The summed E-state index contributed by atoms with van der Waals surface area (Å²) in [5, 5.41) is 0. The number of anilines is 1. The quantitative estimate of drug-likeness (QED) is 0.579. The first-order valence-electron chi connectivity index (χ1n) is 8.13. The number of alkyl halides is 3. The molecule has 2 aliphatic rings. The van der Waals surface area contributed by atoms with Crippen molar-refractivity contribution in [2.45, 2.75) is 57.5 Å². The minimum atomic E-state index is -5.88. The molecule has 7 nitrogen and oxygen atoms in total. The van der Waals surface area contributed by atoms with E-state index in [2.05, 4.69) is 14.2 Å². The summed E-state index contributed by atoms with van der Waals surface area (Å²) in [5.74, 6) is -0.0659. The molecule has 1 amide bonds. The van der Waals surface area contributed by atoms with Crippen LogP contribution < -0.4 is 9.08 Å². The third-order valence-electron chi connectivity index (χ3n) is 4.64. The van der Waals surface area contributed by atoms with E-state index in [4.69, 9.17) is 0 Å². The first-order valence-corrected chi connectivity index (χ1v) is 9.53. The number of rotatable bonds is 3.